The second kappa shape index (κ2) is 5.86. The molecule has 2 aliphatic carbocycles. The van der Waals surface area contributed by atoms with Gasteiger partial charge in [-0.15, -0.1) is 0 Å². The Morgan fingerprint density at radius 2 is 2.00 bits per heavy atom. The molecule has 0 heterocycles. The molecular weight excluding hydrogens is 194 g/mol. The topological polar surface area (TPSA) is 12.0 Å². The Labute approximate surface area is 101 Å². The van der Waals surface area contributed by atoms with Crippen molar-refractivity contribution in [3.05, 3.63) is 12.2 Å². The van der Waals surface area contributed by atoms with Gasteiger partial charge in [-0.1, -0.05) is 38.8 Å². The average Bonchev–Trinajstić information content (AvgIpc) is 2.32. The van der Waals surface area contributed by atoms with Crippen LogP contribution in [-0.2, 0) is 0 Å². The van der Waals surface area contributed by atoms with E-state index in [9.17, 15) is 0 Å². The molecule has 1 heteroatoms. The van der Waals surface area contributed by atoms with E-state index in [-0.39, 0.29) is 0 Å². The fourth-order valence-corrected chi connectivity index (χ4v) is 3.23. The van der Waals surface area contributed by atoms with E-state index >= 15 is 0 Å². The van der Waals surface area contributed by atoms with Crippen LogP contribution >= 0.6 is 0 Å². The lowest BCUT2D eigenvalue weighted by molar-refractivity contribution is 0.199. The maximum Gasteiger partial charge on any atom is 0.00953 e. The first kappa shape index (κ1) is 12.2. The molecule has 1 fully saturated rings. The lowest BCUT2D eigenvalue weighted by Gasteiger charge is -2.35. The third-order valence-corrected chi connectivity index (χ3v) is 4.75. The third-order valence-electron chi connectivity index (χ3n) is 4.75. The van der Waals surface area contributed by atoms with Crippen molar-refractivity contribution < 1.29 is 0 Å². The second-order valence-corrected chi connectivity index (χ2v) is 5.93. The molecule has 4 atom stereocenters. The highest BCUT2D eigenvalue weighted by molar-refractivity contribution is 4.91. The van der Waals surface area contributed by atoms with Gasteiger partial charge >= 0.3 is 0 Å². The highest BCUT2D eigenvalue weighted by Gasteiger charge is 2.26. The molecule has 92 valence electrons. The SMILES string of the molecule is CC1CCCC(NCC2CC=CCC2)C1C. The minimum absolute atomic E-state index is 0.787. The van der Waals surface area contributed by atoms with Crippen LogP contribution in [0.5, 0.6) is 0 Å². The normalized spacial score (nSPS) is 39.9. The molecule has 0 aromatic heterocycles. The Hall–Kier alpha value is -0.300. The zero-order valence-electron chi connectivity index (χ0n) is 10.9. The molecule has 0 radical (unpaired) electrons. The molecular formula is C15H27N. The summed E-state index contributed by atoms with van der Waals surface area (Å²) in [5.41, 5.74) is 0. The number of allylic oxidation sites excluding steroid dienone is 2. The minimum Gasteiger partial charge on any atom is -0.313 e. The molecule has 0 spiro atoms. The molecule has 2 aliphatic rings. The summed E-state index contributed by atoms with van der Waals surface area (Å²) >= 11 is 0. The smallest absolute Gasteiger partial charge is 0.00953 e. The summed E-state index contributed by atoms with van der Waals surface area (Å²) in [7, 11) is 0. The molecule has 1 N–H and O–H groups in total. The molecule has 0 bridgehead atoms. The van der Waals surface area contributed by atoms with Gasteiger partial charge in [-0.25, -0.2) is 0 Å². The Kier molecular flexibility index (Phi) is 4.45. The van der Waals surface area contributed by atoms with Gasteiger partial charge in [-0.05, 0) is 50.0 Å². The lowest BCUT2D eigenvalue weighted by atomic mass is 9.78. The van der Waals surface area contributed by atoms with Gasteiger partial charge in [0.05, 0.1) is 0 Å². The van der Waals surface area contributed by atoms with Gasteiger partial charge in [0.1, 0.15) is 0 Å². The van der Waals surface area contributed by atoms with Crippen LogP contribution < -0.4 is 5.32 Å². The summed E-state index contributed by atoms with van der Waals surface area (Å²) in [4.78, 5) is 0. The van der Waals surface area contributed by atoms with E-state index in [0.29, 0.717) is 0 Å². The molecule has 0 aromatic rings. The van der Waals surface area contributed by atoms with E-state index in [1.165, 1.54) is 45.1 Å². The van der Waals surface area contributed by atoms with Crippen LogP contribution in [0.2, 0.25) is 0 Å². The lowest BCUT2D eigenvalue weighted by Crippen LogP contribution is -2.42. The summed E-state index contributed by atoms with van der Waals surface area (Å²) in [5.74, 6) is 2.68. The van der Waals surface area contributed by atoms with E-state index < -0.39 is 0 Å². The van der Waals surface area contributed by atoms with Crippen molar-refractivity contribution in [2.45, 2.75) is 58.4 Å². The zero-order valence-corrected chi connectivity index (χ0v) is 10.9. The first-order valence-corrected chi connectivity index (χ1v) is 7.15. The molecule has 0 aliphatic heterocycles. The van der Waals surface area contributed by atoms with Gasteiger partial charge in [0.15, 0.2) is 0 Å². The van der Waals surface area contributed by atoms with Crippen LogP contribution in [0.15, 0.2) is 12.2 Å². The van der Waals surface area contributed by atoms with Crippen molar-refractivity contribution in [2.75, 3.05) is 6.54 Å². The van der Waals surface area contributed by atoms with Crippen molar-refractivity contribution in [1.82, 2.24) is 5.32 Å². The standard InChI is InChI=1S/C15H27N/c1-12-7-6-10-15(13(12)2)16-11-14-8-4-3-5-9-14/h3-4,12-16H,5-11H2,1-2H3. The van der Waals surface area contributed by atoms with Crippen LogP contribution in [0.3, 0.4) is 0 Å². The Morgan fingerprint density at radius 3 is 2.75 bits per heavy atom. The molecule has 4 unspecified atom stereocenters. The van der Waals surface area contributed by atoms with Gasteiger partial charge < -0.3 is 5.32 Å². The average molecular weight is 221 g/mol. The minimum atomic E-state index is 0.787. The predicted octanol–water partition coefficient (Wildman–Crippen LogP) is 3.76. The molecule has 0 saturated heterocycles. The van der Waals surface area contributed by atoms with Gasteiger partial charge in [0.2, 0.25) is 0 Å². The van der Waals surface area contributed by atoms with Crippen molar-refractivity contribution in [2.24, 2.45) is 17.8 Å². The molecule has 0 amide bonds. The Morgan fingerprint density at radius 1 is 1.12 bits per heavy atom. The zero-order chi connectivity index (χ0) is 11.4. The molecule has 0 aromatic carbocycles. The fraction of sp³-hybridized carbons (Fsp3) is 0.867. The van der Waals surface area contributed by atoms with Crippen molar-refractivity contribution in [3.8, 4) is 0 Å². The Bertz CT molecular complexity index is 234. The monoisotopic (exact) mass is 221 g/mol. The van der Waals surface area contributed by atoms with E-state index in [0.717, 1.165) is 23.8 Å². The summed E-state index contributed by atoms with van der Waals surface area (Å²) < 4.78 is 0. The van der Waals surface area contributed by atoms with E-state index in [1.54, 1.807) is 0 Å². The summed E-state index contributed by atoms with van der Waals surface area (Å²) in [5, 5.41) is 3.84. The number of hydrogen-bond acceptors (Lipinski definition) is 1. The largest absolute Gasteiger partial charge is 0.313 e. The number of hydrogen-bond donors (Lipinski definition) is 1. The second-order valence-electron chi connectivity index (χ2n) is 5.93. The fourth-order valence-electron chi connectivity index (χ4n) is 3.23. The summed E-state index contributed by atoms with van der Waals surface area (Å²) in [6, 6.07) is 0.787. The first-order valence-electron chi connectivity index (χ1n) is 7.15. The van der Waals surface area contributed by atoms with E-state index in [2.05, 4.69) is 31.3 Å². The predicted molar refractivity (Wildman–Crippen MR) is 70.5 cm³/mol. The van der Waals surface area contributed by atoms with Gasteiger partial charge in [-0.2, -0.15) is 0 Å². The number of nitrogens with one attached hydrogen (secondary N) is 1. The Balaban J connectivity index is 1.74. The maximum absolute atomic E-state index is 3.84. The number of rotatable bonds is 3. The van der Waals surface area contributed by atoms with Crippen LogP contribution in [-0.4, -0.2) is 12.6 Å². The van der Waals surface area contributed by atoms with Gasteiger partial charge in [0.25, 0.3) is 0 Å². The van der Waals surface area contributed by atoms with Gasteiger partial charge in [-0.3, -0.25) is 0 Å². The van der Waals surface area contributed by atoms with Crippen molar-refractivity contribution in [1.29, 1.82) is 0 Å². The van der Waals surface area contributed by atoms with Crippen molar-refractivity contribution >= 4 is 0 Å². The molecule has 1 saturated carbocycles. The van der Waals surface area contributed by atoms with Crippen LogP contribution in [0, 0.1) is 17.8 Å². The highest BCUT2D eigenvalue weighted by atomic mass is 14.9. The molecule has 1 nitrogen and oxygen atoms in total. The van der Waals surface area contributed by atoms with Gasteiger partial charge in [0, 0.05) is 6.04 Å². The van der Waals surface area contributed by atoms with E-state index in [1.807, 2.05) is 0 Å². The van der Waals surface area contributed by atoms with E-state index in [4.69, 9.17) is 0 Å². The quantitative estimate of drug-likeness (QED) is 0.716. The first-order chi connectivity index (χ1) is 7.77. The third kappa shape index (κ3) is 3.10. The summed E-state index contributed by atoms with van der Waals surface area (Å²) in [6.07, 6.45) is 12.9. The molecule has 16 heavy (non-hydrogen) atoms. The highest BCUT2D eigenvalue weighted by Crippen LogP contribution is 2.29. The van der Waals surface area contributed by atoms with Crippen LogP contribution in [0.4, 0.5) is 0 Å². The van der Waals surface area contributed by atoms with Crippen molar-refractivity contribution in [3.63, 3.8) is 0 Å². The van der Waals surface area contributed by atoms with Crippen LogP contribution in [0.1, 0.15) is 52.4 Å². The maximum atomic E-state index is 3.84. The summed E-state index contributed by atoms with van der Waals surface area (Å²) in [6.45, 7) is 6.09. The molecule has 2 rings (SSSR count). The van der Waals surface area contributed by atoms with Crippen LogP contribution in [0.25, 0.3) is 0 Å².